The molecule has 1 saturated carbocycles. The molecule has 1 aromatic carbocycles. The summed E-state index contributed by atoms with van der Waals surface area (Å²) in [5.41, 5.74) is 0.424. The van der Waals surface area contributed by atoms with Gasteiger partial charge in [0.05, 0.1) is 11.7 Å². The van der Waals surface area contributed by atoms with Crippen LogP contribution in [0.2, 0.25) is 0 Å². The smallest absolute Gasteiger partial charge is 0.335 e. The zero-order valence-corrected chi connectivity index (χ0v) is 13.9. The SMILES string of the molecule is O=C(O)c1cc(Br)cc(C(=O)NCCCOC2CCCC2)c1. The van der Waals surface area contributed by atoms with Crippen LogP contribution in [0.25, 0.3) is 0 Å². The quantitative estimate of drug-likeness (QED) is 0.723. The van der Waals surface area contributed by atoms with Crippen molar-refractivity contribution in [3.8, 4) is 0 Å². The van der Waals surface area contributed by atoms with Gasteiger partial charge < -0.3 is 15.2 Å². The summed E-state index contributed by atoms with van der Waals surface area (Å²) in [6, 6.07) is 4.45. The first-order valence-electron chi connectivity index (χ1n) is 7.50. The van der Waals surface area contributed by atoms with Gasteiger partial charge in [-0.05, 0) is 37.5 Å². The Hall–Kier alpha value is -1.40. The highest BCUT2D eigenvalue weighted by Crippen LogP contribution is 2.20. The number of halogens is 1. The van der Waals surface area contributed by atoms with Crippen LogP contribution in [0.4, 0.5) is 0 Å². The van der Waals surface area contributed by atoms with E-state index in [1.165, 1.54) is 25.0 Å². The van der Waals surface area contributed by atoms with Crippen molar-refractivity contribution in [2.45, 2.75) is 38.2 Å². The Morgan fingerprint density at radius 1 is 1.23 bits per heavy atom. The average molecular weight is 370 g/mol. The van der Waals surface area contributed by atoms with Crippen molar-refractivity contribution in [3.63, 3.8) is 0 Å². The normalized spacial score (nSPS) is 15.0. The van der Waals surface area contributed by atoms with E-state index < -0.39 is 5.97 Å². The van der Waals surface area contributed by atoms with E-state index >= 15 is 0 Å². The Labute approximate surface area is 138 Å². The van der Waals surface area contributed by atoms with Gasteiger partial charge in [-0.1, -0.05) is 28.8 Å². The third kappa shape index (κ3) is 5.10. The van der Waals surface area contributed by atoms with E-state index in [1.54, 1.807) is 6.07 Å². The minimum absolute atomic E-state index is 0.0871. The number of carboxylic acids is 1. The van der Waals surface area contributed by atoms with E-state index in [2.05, 4.69) is 21.2 Å². The molecule has 1 aliphatic rings. The van der Waals surface area contributed by atoms with Crippen LogP contribution in [0.5, 0.6) is 0 Å². The molecule has 0 radical (unpaired) electrons. The molecule has 2 rings (SSSR count). The molecule has 0 bridgehead atoms. The number of rotatable bonds is 7. The van der Waals surface area contributed by atoms with Crippen molar-refractivity contribution in [3.05, 3.63) is 33.8 Å². The fraction of sp³-hybridized carbons (Fsp3) is 0.500. The van der Waals surface area contributed by atoms with E-state index in [4.69, 9.17) is 9.84 Å². The number of hydrogen-bond acceptors (Lipinski definition) is 3. The zero-order valence-electron chi connectivity index (χ0n) is 12.3. The second-order valence-electron chi connectivity index (χ2n) is 5.42. The molecule has 6 heteroatoms. The number of ether oxygens (including phenoxy) is 1. The van der Waals surface area contributed by atoms with Crippen LogP contribution in [0.3, 0.4) is 0 Å². The van der Waals surface area contributed by atoms with E-state index in [0.29, 0.717) is 29.3 Å². The second-order valence-corrected chi connectivity index (χ2v) is 6.34. The van der Waals surface area contributed by atoms with Crippen molar-refractivity contribution >= 4 is 27.8 Å². The fourth-order valence-electron chi connectivity index (χ4n) is 2.53. The second kappa shape index (κ2) is 8.29. The number of amides is 1. The number of benzene rings is 1. The summed E-state index contributed by atoms with van der Waals surface area (Å²) in [5.74, 6) is -1.33. The molecule has 0 spiro atoms. The number of carbonyl (C=O) groups excluding carboxylic acids is 1. The maximum atomic E-state index is 12.0. The summed E-state index contributed by atoms with van der Waals surface area (Å²) in [5, 5.41) is 11.8. The van der Waals surface area contributed by atoms with Crippen molar-refractivity contribution in [2.75, 3.05) is 13.2 Å². The number of carboxylic acid groups (broad SMARTS) is 1. The van der Waals surface area contributed by atoms with Crippen molar-refractivity contribution in [2.24, 2.45) is 0 Å². The largest absolute Gasteiger partial charge is 0.478 e. The molecule has 1 aliphatic carbocycles. The third-order valence-electron chi connectivity index (χ3n) is 3.67. The summed E-state index contributed by atoms with van der Waals surface area (Å²) in [6.45, 7) is 1.16. The van der Waals surface area contributed by atoms with E-state index in [0.717, 1.165) is 19.3 Å². The van der Waals surface area contributed by atoms with Gasteiger partial charge in [-0.15, -0.1) is 0 Å². The van der Waals surface area contributed by atoms with Crippen LogP contribution in [-0.4, -0.2) is 36.2 Å². The van der Waals surface area contributed by atoms with Gasteiger partial charge in [-0.25, -0.2) is 4.79 Å². The van der Waals surface area contributed by atoms with Gasteiger partial charge in [-0.2, -0.15) is 0 Å². The number of carbonyl (C=O) groups is 2. The first kappa shape index (κ1) is 17.0. The maximum Gasteiger partial charge on any atom is 0.335 e. The lowest BCUT2D eigenvalue weighted by atomic mass is 10.1. The van der Waals surface area contributed by atoms with Gasteiger partial charge in [0.1, 0.15) is 0 Å². The lowest BCUT2D eigenvalue weighted by Gasteiger charge is -2.11. The number of hydrogen-bond donors (Lipinski definition) is 2. The molecule has 120 valence electrons. The minimum atomic E-state index is -1.06. The highest BCUT2D eigenvalue weighted by atomic mass is 79.9. The summed E-state index contributed by atoms with van der Waals surface area (Å²) < 4.78 is 6.30. The molecular formula is C16H20BrNO4. The van der Waals surface area contributed by atoms with Crippen molar-refractivity contribution in [1.82, 2.24) is 5.32 Å². The third-order valence-corrected chi connectivity index (χ3v) is 4.13. The molecule has 1 fully saturated rings. The van der Waals surface area contributed by atoms with Gasteiger partial charge in [0.15, 0.2) is 0 Å². The topological polar surface area (TPSA) is 75.6 Å². The Morgan fingerprint density at radius 2 is 1.91 bits per heavy atom. The van der Waals surface area contributed by atoms with Crippen LogP contribution < -0.4 is 5.32 Å². The Balaban J connectivity index is 1.75. The summed E-state index contributed by atoms with van der Waals surface area (Å²) in [4.78, 5) is 23.0. The zero-order chi connectivity index (χ0) is 15.9. The highest BCUT2D eigenvalue weighted by Gasteiger charge is 2.15. The van der Waals surface area contributed by atoms with Gasteiger partial charge in [0.25, 0.3) is 5.91 Å². The van der Waals surface area contributed by atoms with E-state index in [-0.39, 0.29) is 11.5 Å². The summed E-state index contributed by atoms with van der Waals surface area (Å²) >= 11 is 3.22. The van der Waals surface area contributed by atoms with Crippen LogP contribution >= 0.6 is 15.9 Å². The molecule has 0 aliphatic heterocycles. The fourth-order valence-corrected chi connectivity index (χ4v) is 3.02. The molecule has 0 heterocycles. The van der Waals surface area contributed by atoms with Gasteiger partial charge >= 0.3 is 5.97 Å². The highest BCUT2D eigenvalue weighted by molar-refractivity contribution is 9.10. The average Bonchev–Trinajstić information content (AvgIpc) is 2.99. The standard InChI is InChI=1S/C16H20BrNO4/c17-13-9-11(8-12(10-13)16(20)21)15(19)18-6-3-7-22-14-4-1-2-5-14/h8-10,14H,1-7H2,(H,18,19)(H,20,21). The molecule has 2 N–H and O–H groups in total. The molecule has 0 atom stereocenters. The van der Waals surface area contributed by atoms with Crippen LogP contribution in [0, 0.1) is 0 Å². The molecule has 1 aromatic rings. The van der Waals surface area contributed by atoms with Crippen molar-refractivity contribution < 1.29 is 19.4 Å². The Morgan fingerprint density at radius 3 is 2.59 bits per heavy atom. The number of nitrogens with one attached hydrogen (secondary N) is 1. The number of aromatic carboxylic acids is 1. The van der Waals surface area contributed by atoms with Gasteiger partial charge in [0, 0.05) is 23.2 Å². The van der Waals surface area contributed by atoms with Gasteiger partial charge in [-0.3, -0.25) is 4.79 Å². The molecule has 22 heavy (non-hydrogen) atoms. The van der Waals surface area contributed by atoms with Crippen molar-refractivity contribution in [1.29, 1.82) is 0 Å². The Bertz CT molecular complexity index is 541. The predicted molar refractivity (Wildman–Crippen MR) is 86.3 cm³/mol. The molecule has 1 amide bonds. The van der Waals surface area contributed by atoms with Crippen LogP contribution in [0.15, 0.2) is 22.7 Å². The van der Waals surface area contributed by atoms with E-state index in [1.807, 2.05) is 0 Å². The minimum Gasteiger partial charge on any atom is -0.478 e. The molecule has 0 saturated heterocycles. The lowest BCUT2D eigenvalue weighted by molar-refractivity contribution is 0.0565. The summed E-state index contributed by atoms with van der Waals surface area (Å²) in [6.07, 6.45) is 5.91. The van der Waals surface area contributed by atoms with E-state index in [9.17, 15) is 9.59 Å². The first-order chi connectivity index (χ1) is 10.6. The summed E-state index contributed by atoms with van der Waals surface area (Å²) in [7, 11) is 0. The molecule has 0 aromatic heterocycles. The lowest BCUT2D eigenvalue weighted by Crippen LogP contribution is -2.26. The first-order valence-corrected chi connectivity index (χ1v) is 8.29. The maximum absolute atomic E-state index is 12.0. The van der Waals surface area contributed by atoms with Crippen LogP contribution in [0.1, 0.15) is 52.8 Å². The van der Waals surface area contributed by atoms with Gasteiger partial charge in [0.2, 0.25) is 0 Å². The monoisotopic (exact) mass is 369 g/mol. The molecular weight excluding hydrogens is 350 g/mol. The molecule has 0 unspecified atom stereocenters. The van der Waals surface area contributed by atoms with Crippen LogP contribution in [-0.2, 0) is 4.74 Å². The Kier molecular flexibility index (Phi) is 6.39. The predicted octanol–water partition coefficient (Wildman–Crippen LogP) is 3.23. The molecule has 5 nitrogen and oxygen atoms in total.